The van der Waals surface area contributed by atoms with E-state index in [1.54, 1.807) is 0 Å². The Morgan fingerprint density at radius 3 is 1.85 bits per heavy atom. The maximum Gasteiger partial charge on any atom is 0.147 e. The Morgan fingerprint density at radius 2 is 1.02 bits per heavy atom. The van der Waals surface area contributed by atoms with Crippen LogP contribution in [0.1, 0.15) is 0 Å². The lowest BCUT2D eigenvalue weighted by Gasteiger charge is -2.12. The number of pyridine rings is 2. The molecule has 0 amide bonds. The van der Waals surface area contributed by atoms with Crippen LogP contribution in [0.5, 0.6) is 0 Å². The van der Waals surface area contributed by atoms with Crippen molar-refractivity contribution in [1.29, 1.82) is 0 Å². The highest BCUT2D eigenvalue weighted by Gasteiger charge is 2.16. The molecule has 0 saturated carbocycles. The quantitative estimate of drug-likeness (QED) is 0.167. The molecule has 3 aromatic heterocycles. The average Bonchev–Trinajstić information content (AvgIpc) is 3.44. The first-order valence-electron chi connectivity index (χ1n) is 13.9. The van der Waals surface area contributed by atoms with E-state index in [2.05, 4.69) is 132 Å². The molecule has 3 nitrogen and oxygen atoms in total. The smallest absolute Gasteiger partial charge is 0.147 e. The van der Waals surface area contributed by atoms with Crippen LogP contribution in [0.2, 0.25) is 0 Å². The summed E-state index contributed by atoms with van der Waals surface area (Å²) in [6, 6.07) is 49.7. The van der Waals surface area contributed by atoms with Gasteiger partial charge in [0.15, 0.2) is 0 Å². The molecule has 0 spiro atoms. The predicted molar refractivity (Wildman–Crippen MR) is 171 cm³/mol. The Morgan fingerprint density at radius 1 is 0.390 bits per heavy atom. The number of nitrogens with zero attached hydrogens (tertiary/aromatic N) is 3. The van der Waals surface area contributed by atoms with Crippen LogP contribution in [0, 0.1) is 0 Å². The average molecular weight is 522 g/mol. The molecule has 0 radical (unpaired) electrons. The number of hydrogen-bond donors (Lipinski definition) is 0. The van der Waals surface area contributed by atoms with E-state index < -0.39 is 0 Å². The minimum atomic E-state index is 0.944. The number of hydrogen-bond acceptors (Lipinski definition) is 2. The molecule has 0 saturated heterocycles. The van der Waals surface area contributed by atoms with Gasteiger partial charge in [0.05, 0.1) is 27.6 Å². The monoisotopic (exact) mass is 521 g/mol. The molecular formula is C38H23N3. The van der Waals surface area contributed by atoms with Crippen molar-refractivity contribution in [3.63, 3.8) is 0 Å². The van der Waals surface area contributed by atoms with Crippen molar-refractivity contribution >= 4 is 60.2 Å². The van der Waals surface area contributed by atoms with Crippen LogP contribution in [0.15, 0.2) is 140 Å². The Labute approximate surface area is 236 Å². The lowest BCUT2D eigenvalue weighted by atomic mass is 9.97. The van der Waals surface area contributed by atoms with E-state index in [1.807, 2.05) is 12.1 Å². The number of benzene rings is 6. The molecule has 41 heavy (non-hydrogen) atoms. The minimum absolute atomic E-state index is 0.944. The highest BCUT2D eigenvalue weighted by Crippen LogP contribution is 2.36. The maximum atomic E-state index is 5.19. The first kappa shape index (κ1) is 22.3. The van der Waals surface area contributed by atoms with Gasteiger partial charge in [-0.1, -0.05) is 97.1 Å². The lowest BCUT2D eigenvalue weighted by molar-refractivity contribution is 1.31. The van der Waals surface area contributed by atoms with Gasteiger partial charge in [-0.25, -0.2) is 9.97 Å². The summed E-state index contributed by atoms with van der Waals surface area (Å²) >= 11 is 0. The van der Waals surface area contributed by atoms with Crippen molar-refractivity contribution in [2.24, 2.45) is 0 Å². The van der Waals surface area contributed by atoms with Crippen LogP contribution >= 0.6 is 0 Å². The van der Waals surface area contributed by atoms with Crippen molar-refractivity contribution < 1.29 is 0 Å². The predicted octanol–water partition coefficient (Wildman–Crippen LogP) is 9.83. The van der Waals surface area contributed by atoms with Gasteiger partial charge in [-0.15, -0.1) is 0 Å². The zero-order valence-corrected chi connectivity index (χ0v) is 22.1. The van der Waals surface area contributed by atoms with E-state index in [-0.39, 0.29) is 0 Å². The number of rotatable bonds is 2. The molecule has 0 fully saturated rings. The molecule has 0 N–H and O–H groups in total. The molecule has 9 aromatic rings. The first-order valence-corrected chi connectivity index (χ1v) is 13.9. The fraction of sp³-hybridized carbons (Fsp3) is 0. The van der Waals surface area contributed by atoms with E-state index >= 15 is 0 Å². The summed E-state index contributed by atoms with van der Waals surface area (Å²) in [6.07, 6.45) is 0. The van der Waals surface area contributed by atoms with E-state index in [0.717, 1.165) is 49.4 Å². The molecule has 6 aromatic carbocycles. The van der Waals surface area contributed by atoms with Crippen LogP contribution in [-0.4, -0.2) is 14.4 Å². The Balaban J connectivity index is 1.26. The third kappa shape index (κ3) is 3.39. The highest BCUT2D eigenvalue weighted by molar-refractivity contribution is 6.15. The van der Waals surface area contributed by atoms with Gasteiger partial charge in [-0.05, 0) is 75.5 Å². The Bertz CT molecular complexity index is 2470. The van der Waals surface area contributed by atoms with Crippen molar-refractivity contribution in [2.45, 2.75) is 0 Å². The minimum Gasteiger partial charge on any atom is -0.292 e. The van der Waals surface area contributed by atoms with Crippen LogP contribution in [0.3, 0.4) is 0 Å². The second-order valence-corrected chi connectivity index (χ2v) is 10.7. The van der Waals surface area contributed by atoms with E-state index in [1.165, 1.54) is 33.0 Å². The van der Waals surface area contributed by atoms with Crippen LogP contribution in [-0.2, 0) is 0 Å². The Kier molecular flexibility index (Phi) is 4.61. The van der Waals surface area contributed by atoms with Gasteiger partial charge in [0.25, 0.3) is 0 Å². The molecule has 0 atom stereocenters. The standard InChI is InChI=1S/C38H23N3/c1-2-8-27-21-28(18-17-24(27)7-1)25-13-15-26(16-14-25)29-19-20-35-31(22-29)37-32(23-30-9-3-4-10-33(30)39-37)38-40-34-11-5-6-12-36(34)41(35)38/h1-23H. The van der Waals surface area contributed by atoms with Crippen molar-refractivity contribution in [1.82, 2.24) is 14.4 Å². The summed E-state index contributed by atoms with van der Waals surface area (Å²) in [5.41, 5.74) is 10.9. The zero-order chi connectivity index (χ0) is 26.9. The van der Waals surface area contributed by atoms with E-state index in [4.69, 9.17) is 9.97 Å². The SMILES string of the molecule is c1ccc2cc(-c3ccc(-c4ccc5c(c4)c4nc6ccccc6cc4c4nc6ccccc6n54)cc3)ccc2c1. The van der Waals surface area contributed by atoms with E-state index in [0.29, 0.717) is 0 Å². The van der Waals surface area contributed by atoms with Gasteiger partial charge < -0.3 is 0 Å². The van der Waals surface area contributed by atoms with Gasteiger partial charge in [-0.3, -0.25) is 4.40 Å². The van der Waals surface area contributed by atoms with Gasteiger partial charge >= 0.3 is 0 Å². The summed E-state index contributed by atoms with van der Waals surface area (Å²) in [5.74, 6) is 0. The molecule has 0 aliphatic rings. The Hall–Kier alpha value is -5.54. The molecule has 0 aliphatic carbocycles. The van der Waals surface area contributed by atoms with Crippen LogP contribution in [0.4, 0.5) is 0 Å². The topological polar surface area (TPSA) is 30.2 Å². The molecule has 0 bridgehead atoms. The summed E-state index contributed by atoms with van der Waals surface area (Å²) in [6.45, 7) is 0. The third-order valence-electron chi connectivity index (χ3n) is 8.32. The lowest BCUT2D eigenvalue weighted by Crippen LogP contribution is -1.94. The third-order valence-corrected chi connectivity index (χ3v) is 8.32. The van der Waals surface area contributed by atoms with Gasteiger partial charge in [0.2, 0.25) is 0 Å². The highest BCUT2D eigenvalue weighted by atomic mass is 15.0. The second-order valence-electron chi connectivity index (χ2n) is 10.7. The summed E-state index contributed by atoms with van der Waals surface area (Å²) < 4.78 is 2.29. The zero-order valence-electron chi connectivity index (χ0n) is 22.1. The molecule has 9 rings (SSSR count). The fourth-order valence-corrected chi connectivity index (χ4v) is 6.27. The molecule has 0 aliphatic heterocycles. The molecule has 3 heteroatoms. The normalized spacial score (nSPS) is 11.9. The molecule has 3 heterocycles. The summed E-state index contributed by atoms with van der Waals surface area (Å²) in [4.78, 5) is 10.2. The fourth-order valence-electron chi connectivity index (χ4n) is 6.27. The molecular weight excluding hydrogens is 498 g/mol. The molecule has 190 valence electrons. The van der Waals surface area contributed by atoms with Gasteiger partial charge in [-0.2, -0.15) is 0 Å². The molecule has 0 unspecified atom stereocenters. The van der Waals surface area contributed by atoms with Crippen molar-refractivity contribution in [3.05, 3.63) is 140 Å². The largest absolute Gasteiger partial charge is 0.292 e. The second kappa shape index (κ2) is 8.48. The van der Waals surface area contributed by atoms with Crippen LogP contribution in [0.25, 0.3) is 82.4 Å². The summed E-state index contributed by atoms with van der Waals surface area (Å²) in [7, 11) is 0. The maximum absolute atomic E-state index is 5.19. The number of fused-ring (bicyclic) bond motifs is 10. The first-order chi connectivity index (χ1) is 20.3. The van der Waals surface area contributed by atoms with Crippen molar-refractivity contribution in [2.75, 3.05) is 0 Å². The number of para-hydroxylation sites is 3. The van der Waals surface area contributed by atoms with Gasteiger partial charge in [0, 0.05) is 16.2 Å². The summed E-state index contributed by atoms with van der Waals surface area (Å²) in [5, 5.41) is 5.83. The van der Waals surface area contributed by atoms with Crippen molar-refractivity contribution in [3.8, 4) is 22.3 Å². The van der Waals surface area contributed by atoms with Crippen LogP contribution < -0.4 is 0 Å². The van der Waals surface area contributed by atoms with E-state index in [9.17, 15) is 0 Å². The number of aromatic nitrogens is 3. The number of imidazole rings is 1. The van der Waals surface area contributed by atoms with Gasteiger partial charge in [0.1, 0.15) is 5.65 Å².